The van der Waals surface area contributed by atoms with E-state index in [0.717, 1.165) is 57.8 Å². The Morgan fingerprint density at radius 2 is 0.508 bits per heavy atom. The van der Waals surface area contributed by atoms with Crippen molar-refractivity contribution in [3.63, 3.8) is 0 Å². The fourth-order valence-corrected chi connectivity index (χ4v) is 7.74. The molecule has 0 rings (SSSR count). The average molecular weight is 869 g/mol. The van der Waals surface area contributed by atoms with Crippen molar-refractivity contribution in [3.8, 4) is 0 Å². The Kier molecular flexibility index (Phi) is 54.8. The van der Waals surface area contributed by atoms with Crippen LogP contribution in [0, 0.1) is 0 Å². The van der Waals surface area contributed by atoms with Gasteiger partial charge in [-0.25, -0.2) is 0 Å². The third kappa shape index (κ3) is 54.4. The van der Waals surface area contributed by atoms with Crippen LogP contribution in [-0.4, -0.2) is 60.7 Å². The molecule has 0 aliphatic heterocycles. The fourth-order valence-electron chi connectivity index (χ4n) is 7.74. The van der Waals surface area contributed by atoms with Gasteiger partial charge in [0.1, 0.15) is 13.2 Å². The van der Waals surface area contributed by atoms with E-state index < -0.39 is 6.10 Å². The Hall–Kier alpha value is -1.67. The number of aliphatic hydroxyl groups excluding tert-OH is 2. The second kappa shape index (κ2) is 54.5. The molecule has 61 heavy (non-hydrogen) atoms. The van der Waals surface area contributed by atoms with Gasteiger partial charge in [-0.15, -0.1) is 0 Å². The molecule has 0 fully saturated rings. The van der Waals surface area contributed by atoms with Crippen LogP contribution in [0.1, 0.15) is 290 Å². The summed E-state index contributed by atoms with van der Waals surface area (Å²) in [6, 6.07) is 0. The van der Waals surface area contributed by atoms with Crippen LogP contribution in [0.15, 0.2) is 0 Å². The maximum absolute atomic E-state index is 12.8. The molecule has 364 valence electrons. The molecule has 0 amide bonds. The molecule has 0 saturated heterocycles. The molecule has 0 aromatic carbocycles. The largest absolute Gasteiger partial charge is 0.462 e. The van der Waals surface area contributed by atoms with E-state index in [1.54, 1.807) is 0 Å². The standard InChI is InChI=1S/C51H98O6.C2H6O2/c1-4-7-10-13-16-19-22-25-28-31-34-37-40-43-49(52)55-46-48(57-51(54)45-42-39-36-33-30-27-24-21-18-15-12-9-6-3)47-56-50(53)44-41-38-35-32-29-26-23-20-17-14-11-8-5-2;3-1-2-4/h48H,4-47H2,1-3H3;3-4H,1-2H2. The SMILES string of the molecule is CCCCCCCCCCCCCCCC(=O)OCC(COC(=O)CCCCCCCCCCCCCCC)OC(=O)CCCCCCCCCCCCCCC.OCCO. The van der Waals surface area contributed by atoms with Crippen LogP contribution in [0.3, 0.4) is 0 Å². The number of rotatable bonds is 48. The molecular formula is C53H104O8. The molecule has 0 saturated carbocycles. The van der Waals surface area contributed by atoms with E-state index >= 15 is 0 Å². The van der Waals surface area contributed by atoms with Crippen molar-refractivity contribution in [2.75, 3.05) is 26.4 Å². The Morgan fingerprint density at radius 1 is 0.311 bits per heavy atom. The van der Waals surface area contributed by atoms with E-state index in [1.165, 1.54) is 193 Å². The first kappa shape index (κ1) is 61.4. The van der Waals surface area contributed by atoms with Crippen LogP contribution < -0.4 is 0 Å². The monoisotopic (exact) mass is 869 g/mol. The van der Waals surface area contributed by atoms with Crippen LogP contribution in [0.2, 0.25) is 0 Å². The Balaban J connectivity index is 0. The minimum Gasteiger partial charge on any atom is -0.462 e. The van der Waals surface area contributed by atoms with Gasteiger partial charge >= 0.3 is 17.9 Å². The predicted octanol–water partition coefficient (Wildman–Crippen LogP) is 15.4. The zero-order chi connectivity index (χ0) is 45.0. The van der Waals surface area contributed by atoms with Crippen molar-refractivity contribution in [2.24, 2.45) is 0 Å². The lowest BCUT2D eigenvalue weighted by atomic mass is 10.0. The maximum Gasteiger partial charge on any atom is 0.306 e. The first-order chi connectivity index (χ1) is 29.9. The molecule has 0 unspecified atom stereocenters. The number of ether oxygens (including phenoxy) is 3. The maximum atomic E-state index is 12.8. The van der Waals surface area contributed by atoms with Gasteiger partial charge in [0.2, 0.25) is 0 Å². The predicted molar refractivity (Wildman–Crippen MR) is 257 cm³/mol. The van der Waals surface area contributed by atoms with Crippen molar-refractivity contribution in [2.45, 2.75) is 297 Å². The molecule has 0 aromatic rings. The van der Waals surface area contributed by atoms with Crippen molar-refractivity contribution < 1.29 is 38.8 Å². The highest BCUT2D eigenvalue weighted by Gasteiger charge is 2.19. The van der Waals surface area contributed by atoms with Crippen LogP contribution in [0.25, 0.3) is 0 Å². The molecule has 2 N–H and O–H groups in total. The van der Waals surface area contributed by atoms with Gasteiger partial charge in [0.15, 0.2) is 6.10 Å². The Bertz CT molecular complexity index is 832. The van der Waals surface area contributed by atoms with Crippen molar-refractivity contribution in [1.82, 2.24) is 0 Å². The van der Waals surface area contributed by atoms with Gasteiger partial charge in [-0.05, 0) is 19.3 Å². The summed E-state index contributed by atoms with van der Waals surface area (Å²) in [6.07, 6.45) is 49.3. The molecule has 0 heterocycles. The molecule has 0 aliphatic rings. The molecule has 0 aromatic heterocycles. The molecule has 8 nitrogen and oxygen atoms in total. The molecule has 0 bridgehead atoms. The lowest BCUT2D eigenvalue weighted by Gasteiger charge is -2.18. The zero-order valence-electron chi connectivity index (χ0n) is 40.9. The van der Waals surface area contributed by atoms with Crippen LogP contribution in [0.4, 0.5) is 0 Å². The summed E-state index contributed by atoms with van der Waals surface area (Å²) in [6.45, 7) is 6.42. The van der Waals surface area contributed by atoms with Gasteiger partial charge in [-0.2, -0.15) is 0 Å². The summed E-state index contributed by atoms with van der Waals surface area (Å²) in [7, 11) is 0. The first-order valence-corrected chi connectivity index (χ1v) is 26.7. The third-order valence-electron chi connectivity index (χ3n) is 11.7. The highest BCUT2D eigenvalue weighted by molar-refractivity contribution is 5.71. The van der Waals surface area contributed by atoms with Gasteiger partial charge in [0.25, 0.3) is 0 Å². The first-order valence-electron chi connectivity index (χ1n) is 26.7. The Morgan fingerprint density at radius 3 is 0.721 bits per heavy atom. The molecule has 0 spiro atoms. The second-order valence-corrected chi connectivity index (χ2v) is 17.9. The van der Waals surface area contributed by atoms with Crippen LogP contribution >= 0.6 is 0 Å². The van der Waals surface area contributed by atoms with Gasteiger partial charge in [-0.3, -0.25) is 14.4 Å². The minimum absolute atomic E-state index is 0.0619. The minimum atomic E-state index is -0.759. The highest BCUT2D eigenvalue weighted by Crippen LogP contribution is 2.17. The summed E-state index contributed by atoms with van der Waals surface area (Å²) in [5, 5.41) is 15.2. The quantitative estimate of drug-likeness (QED) is 0.0352. The molecule has 0 atom stereocenters. The zero-order valence-corrected chi connectivity index (χ0v) is 40.9. The number of aliphatic hydroxyl groups is 2. The van der Waals surface area contributed by atoms with Gasteiger partial charge in [-0.1, -0.05) is 252 Å². The van der Waals surface area contributed by atoms with Crippen LogP contribution in [-0.2, 0) is 28.6 Å². The number of unbranched alkanes of at least 4 members (excludes halogenated alkanes) is 36. The van der Waals surface area contributed by atoms with E-state index in [0.29, 0.717) is 19.3 Å². The molecule has 8 heteroatoms. The van der Waals surface area contributed by atoms with Gasteiger partial charge in [0.05, 0.1) is 13.2 Å². The number of carbonyl (C=O) groups excluding carboxylic acids is 3. The van der Waals surface area contributed by atoms with Crippen LogP contribution in [0.5, 0.6) is 0 Å². The average Bonchev–Trinajstić information content (AvgIpc) is 3.26. The second-order valence-electron chi connectivity index (χ2n) is 17.9. The highest BCUT2D eigenvalue weighted by atomic mass is 16.6. The summed E-state index contributed by atoms with van der Waals surface area (Å²) in [5.74, 6) is -0.842. The Labute approximate surface area is 378 Å². The topological polar surface area (TPSA) is 119 Å². The number of hydrogen-bond donors (Lipinski definition) is 2. The van der Waals surface area contributed by atoms with E-state index in [2.05, 4.69) is 20.8 Å². The lowest BCUT2D eigenvalue weighted by Crippen LogP contribution is -2.30. The molecular weight excluding hydrogens is 765 g/mol. The lowest BCUT2D eigenvalue weighted by molar-refractivity contribution is -0.167. The third-order valence-corrected chi connectivity index (χ3v) is 11.7. The summed E-state index contributed by atoms with van der Waals surface area (Å²) in [4.78, 5) is 37.9. The van der Waals surface area contributed by atoms with Gasteiger partial charge < -0.3 is 24.4 Å². The van der Waals surface area contributed by atoms with E-state index in [-0.39, 0.29) is 44.3 Å². The normalized spacial score (nSPS) is 11.1. The molecule has 0 aliphatic carbocycles. The summed E-state index contributed by atoms with van der Waals surface area (Å²) in [5.41, 5.74) is 0. The summed E-state index contributed by atoms with van der Waals surface area (Å²) >= 11 is 0. The fraction of sp³-hybridized carbons (Fsp3) is 0.943. The van der Waals surface area contributed by atoms with E-state index in [1.807, 2.05) is 0 Å². The van der Waals surface area contributed by atoms with E-state index in [9.17, 15) is 14.4 Å². The number of esters is 3. The van der Waals surface area contributed by atoms with Crippen molar-refractivity contribution >= 4 is 17.9 Å². The number of carbonyl (C=O) groups is 3. The molecule has 0 radical (unpaired) electrons. The van der Waals surface area contributed by atoms with Gasteiger partial charge in [0, 0.05) is 19.3 Å². The van der Waals surface area contributed by atoms with E-state index in [4.69, 9.17) is 24.4 Å². The number of hydrogen-bond acceptors (Lipinski definition) is 8. The smallest absolute Gasteiger partial charge is 0.306 e. The summed E-state index contributed by atoms with van der Waals surface area (Å²) < 4.78 is 16.8. The van der Waals surface area contributed by atoms with Crippen molar-refractivity contribution in [3.05, 3.63) is 0 Å². The van der Waals surface area contributed by atoms with Crippen molar-refractivity contribution in [1.29, 1.82) is 0 Å².